The van der Waals surface area contributed by atoms with Gasteiger partial charge in [0.05, 0.1) is 19.8 Å². The summed E-state index contributed by atoms with van der Waals surface area (Å²) in [7, 11) is 4.99. The van der Waals surface area contributed by atoms with Crippen molar-refractivity contribution in [2.75, 3.05) is 34.4 Å². The molecule has 1 saturated heterocycles. The van der Waals surface area contributed by atoms with E-state index >= 15 is 0 Å². The molecular weight excluding hydrogens is 292 g/mol. The summed E-state index contributed by atoms with van der Waals surface area (Å²) in [5, 5.41) is 3.31. The van der Waals surface area contributed by atoms with E-state index in [1.807, 2.05) is 18.0 Å². The fourth-order valence-corrected chi connectivity index (χ4v) is 2.61. The number of carbonyl (C=O) groups excluding carboxylic acids is 1. The Bertz CT molecular complexity index is 476. The molecule has 1 aliphatic heterocycles. The van der Waals surface area contributed by atoms with Gasteiger partial charge in [-0.1, -0.05) is 6.07 Å². The van der Waals surface area contributed by atoms with Crippen molar-refractivity contribution in [1.82, 2.24) is 10.2 Å². The molecule has 6 heteroatoms. The summed E-state index contributed by atoms with van der Waals surface area (Å²) < 4.78 is 10.6. The summed E-state index contributed by atoms with van der Waals surface area (Å²) in [5.74, 6) is 1.06. The number of halogens is 1. The highest BCUT2D eigenvalue weighted by Crippen LogP contribution is 2.31. The van der Waals surface area contributed by atoms with E-state index in [1.54, 1.807) is 26.4 Å². The fourth-order valence-electron chi connectivity index (χ4n) is 2.61. The van der Waals surface area contributed by atoms with Crippen LogP contribution in [0.4, 0.5) is 0 Å². The number of hydrogen-bond donors (Lipinski definition) is 1. The highest BCUT2D eigenvalue weighted by molar-refractivity contribution is 5.97. The number of hydrogen-bond acceptors (Lipinski definition) is 4. The van der Waals surface area contributed by atoms with Crippen LogP contribution in [0.15, 0.2) is 18.2 Å². The van der Waals surface area contributed by atoms with Crippen LogP contribution in [0.25, 0.3) is 0 Å². The lowest BCUT2D eigenvalue weighted by molar-refractivity contribution is 0.0699. The van der Waals surface area contributed by atoms with E-state index < -0.39 is 0 Å². The molecule has 2 rings (SSSR count). The standard InChI is InChI=1S/C15H22N2O3.ClH/c1-17(11-7-9-16-10-8-11)15(18)12-5-4-6-13(19-2)14(12)20-3;/h4-6,11,16H,7-10H2,1-3H3;1H. The van der Waals surface area contributed by atoms with Gasteiger partial charge in [0, 0.05) is 13.1 Å². The Balaban J connectivity index is 0.00000220. The summed E-state index contributed by atoms with van der Waals surface area (Å²) in [6.07, 6.45) is 1.96. The Morgan fingerprint density at radius 3 is 2.48 bits per heavy atom. The molecule has 1 amide bonds. The molecular formula is C15H23ClN2O3. The van der Waals surface area contributed by atoms with Crippen molar-refractivity contribution in [2.24, 2.45) is 0 Å². The third-order valence-corrected chi connectivity index (χ3v) is 3.81. The topological polar surface area (TPSA) is 50.8 Å². The summed E-state index contributed by atoms with van der Waals surface area (Å²) in [6.45, 7) is 1.91. The van der Waals surface area contributed by atoms with Gasteiger partial charge in [0.1, 0.15) is 0 Å². The van der Waals surface area contributed by atoms with Gasteiger partial charge in [-0.25, -0.2) is 0 Å². The van der Waals surface area contributed by atoms with Crippen LogP contribution in [0.1, 0.15) is 23.2 Å². The molecule has 21 heavy (non-hydrogen) atoms. The van der Waals surface area contributed by atoms with Gasteiger partial charge in [0.2, 0.25) is 0 Å². The Kier molecular flexibility index (Phi) is 6.78. The van der Waals surface area contributed by atoms with Gasteiger partial charge in [0.25, 0.3) is 5.91 Å². The zero-order valence-electron chi connectivity index (χ0n) is 12.7. The third kappa shape index (κ3) is 3.80. The Morgan fingerprint density at radius 1 is 1.24 bits per heavy atom. The molecule has 0 radical (unpaired) electrons. The second kappa shape index (κ2) is 8.10. The first-order chi connectivity index (χ1) is 9.69. The first-order valence-corrected chi connectivity index (χ1v) is 6.88. The molecule has 0 spiro atoms. The van der Waals surface area contributed by atoms with E-state index in [2.05, 4.69) is 5.32 Å². The van der Waals surface area contributed by atoms with Gasteiger partial charge in [-0.3, -0.25) is 4.79 Å². The largest absolute Gasteiger partial charge is 0.493 e. The monoisotopic (exact) mass is 314 g/mol. The van der Waals surface area contributed by atoms with E-state index in [-0.39, 0.29) is 24.4 Å². The highest BCUT2D eigenvalue weighted by Gasteiger charge is 2.25. The van der Waals surface area contributed by atoms with Crippen LogP contribution < -0.4 is 14.8 Å². The molecule has 0 atom stereocenters. The maximum atomic E-state index is 12.7. The van der Waals surface area contributed by atoms with Crippen LogP contribution >= 0.6 is 12.4 Å². The molecule has 1 N–H and O–H groups in total. The van der Waals surface area contributed by atoms with Crippen LogP contribution in [-0.4, -0.2) is 51.2 Å². The number of piperidine rings is 1. The number of benzene rings is 1. The average molecular weight is 315 g/mol. The average Bonchev–Trinajstić information content (AvgIpc) is 2.53. The molecule has 1 aromatic rings. The van der Waals surface area contributed by atoms with Crippen LogP contribution in [0.3, 0.4) is 0 Å². The lowest BCUT2D eigenvalue weighted by atomic mass is 10.0. The highest BCUT2D eigenvalue weighted by atomic mass is 35.5. The van der Waals surface area contributed by atoms with Gasteiger partial charge in [-0.15, -0.1) is 12.4 Å². The first-order valence-electron chi connectivity index (χ1n) is 6.88. The number of nitrogens with one attached hydrogen (secondary N) is 1. The van der Waals surface area contributed by atoms with Crippen molar-refractivity contribution in [3.05, 3.63) is 23.8 Å². The number of nitrogens with zero attached hydrogens (tertiary/aromatic N) is 1. The van der Waals surface area contributed by atoms with Crippen molar-refractivity contribution < 1.29 is 14.3 Å². The van der Waals surface area contributed by atoms with E-state index in [9.17, 15) is 4.79 Å². The van der Waals surface area contributed by atoms with Crippen molar-refractivity contribution in [3.63, 3.8) is 0 Å². The number of para-hydroxylation sites is 1. The minimum atomic E-state index is -0.0207. The molecule has 1 heterocycles. The molecule has 118 valence electrons. The maximum Gasteiger partial charge on any atom is 0.257 e. The maximum absolute atomic E-state index is 12.7. The first kappa shape index (κ1) is 17.6. The second-order valence-electron chi connectivity index (χ2n) is 4.94. The molecule has 1 aliphatic rings. The van der Waals surface area contributed by atoms with Crippen LogP contribution in [0.2, 0.25) is 0 Å². The molecule has 1 aromatic carbocycles. The van der Waals surface area contributed by atoms with Crippen LogP contribution in [0, 0.1) is 0 Å². The summed E-state index contributed by atoms with van der Waals surface area (Å²) in [6, 6.07) is 5.66. The fraction of sp³-hybridized carbons (Fsp3) is 0.533. The van der Waals surface area contributed by atoms with Crippen molar-refractivity contribution in [3.8, 4) is 11.5 Å². The summed E-state index contributed by atoms with van der Waals surface area (Å²) in [5.41, 5.74) is 0.549. The minimum Gasteiger partial charge on any atom is -0.493 e. The Hall–Kier alpha value is -1.46. The summed E-state index contributed by atoms with van der Waals surface area (Å²) >= 11 is 0. The van der Waals surface area contributed by atoms with Gasteiger partial charge in [0.15, 0.2) is 11.5 Å². The lowest BCUT2D eigenvalue weighted by Gasteiger charge is -2.32. The van der Waals surface area contributed by atoms with E-state index in [4.69, 9.17) is 9.47 Å². The molecule has 5 nitrogen and oxygen atoms in total. The smallest absolute Gasteiger partial charge is 0.257 e. The van der Waals surface area contributed by atoms with Crippen LogP contribution in [0.5, 0.6) is 11.5 Å². The SMILES string of the molecule is COc1cccc(C(=O)N(C)C2CCNCC2)c1OC.Cl. The molecule has 0 aliphatic carbocycles. The van der Waals surface area contributed by atoms with Crippen LogP contribution in [-0.2, 0) is 0 Å². The zero-order valence-corrected chi connectivity index (χ0v) is 13.5. The number of rotatable bonds is 4. The Morgan fingerprint density at radius 2 is 1.90 bits per heavy atom. The van der Waals surface area contributed by atoms with Crippen molar-refractivity contribution in [1.29, 1.82) is 0 Å². The van der Waals surface area contributed by atoms with E-state index in [1.165, 1.54) is 0 Å². The van der Waals surface area contributed by atoms with E-state index in [0.717, 1.165) is 25.9 Å². The molecule has 0 saturated carbocycles. The second-order valence-corrected chi connectivity index (χ2v) is 4.94. The van der Waals surface area contributed by atoms with Gasteiger partial charge in [-0.2, -0.15) is 0 Å². The van der Waals surface area contributed by atoms with E-state index in [0.29, 0.717) is 17.1 Å². The molecule has 0 aromatic heterocycles. The molecule has 1 fully saturated rings. The van der Waals surface area contributed by atoms with Crippen molar-refractivity contribution >= 4 is 18.3 Å². The van der Waals surface area contributed by atoms with Gasteiger partial charge in [-0.05, 0) is 38.1 Å². The van der Waals surface area contributed by atoms with Gasteiger partial charge >= 0.3 is 0 Å². The van der Waals surface area contributed by atoms with Gasteiger partial charge < -0.3 is 19.7 Å². The predicted molar refractivity (Wildman–Crippen MR) is 84.8 cm³/mol. The number of ether oxygens (including phenoxy) is 2. The predicted octanol–water partition coefficient (Wildman–Crippen LogP) is 1.95. The summed E-state index contributed by atoms with van der Waals surface area (Å²) in [4.78, 5) is 14.5. The normalized spacial score (nSPS) is 15.0. The minimum absolute atomic E-state index is 0. The molecule has 0 unspecified atom stereocenters. The number of carbonyl (C=O) groups is 1. The quantitative estimate of drug-likeness (QED) is 0.923. The Labute approximate surface area is 132 Å². The zero-order chi connectivity index (χ0) is 14.5. The number of amides is 1. The number of methoxy groups -OCH3 is 2. The third-order valence-electron chi connectivity index (χ3n) is 3.81. The lowest BCUT2D eigenvalue weighted by Crippen LogP contribution is -2.44. The molecule has 0 bridgehead atoms. The van der Waals surface area contributed by atoms with Crippen molar-refractivity contribution in [2.45, 2.75) is 18.9 Å².